The van der Waals surface area contributed by atoms with E-state index in [0.717, 1.165) is 10.2 Å². The lowest BCUT2D eigenvalue weighted by Crippen LogP contribution is -2.23. The Hall–Kier alpha value is -3.46. The zero-order chi connectivity index (χ0) is 20.8. The summed E-state index contributed by atoms with van der Waals surface area (Å²) in [7, 11) is 0. The average Bonchev–Trinajstić information content (AvgIpc) is 3.09. The third kappa shape index (κ3) is 3.64. The molecule has 0 aliphatic carbocycles. The molecule has 2 aromatic carbocycles. The van der Waals surface area contributed by atoms with Crippen LogP contribution in [-0.4, -0.2) is 17.1 Å². The molecule has 0 unspecified atom stereocenters. The second-order valence-corrected chi connectivity index (χ2v) is 7.03. The fourth-order valence-corrected chi connectivity index (χ4v) is 3.55. The molecule has 146 valence electrons. The van der Waals surface area contributed by atoms with Gasteiger partial charge in [0.15, 0.2) is 0 Å². The summed E-state index contributed by atoms with van der Waals surface area (Å²) in [5.74, 6) is -1.84. The number of rotatable bonds is 3. The van der Waals surface area contributed by atoms with E-state index in [9.17, 15) is 22.8 Å². The minimum atomic E-state index is -4.90. The smallest absolute Gasteiger partial charge is 0.422 e. The Morgan fingerprint density at radius 2 is 1.90 bits per heavy atom. The van der Waals surface area contributed by atoms with Crippen LogP contribution in [0, 0.1) is 0 Å². The summed E-state index contributed by atoms with van der Waals surface area (Å²) in [5.41, 5.74) is -1.24. The van der Waals surface area contributed by atoms with Gasteiger partial charge in [0.05, 0.1) is 15.8 Å². The van der Waals surface area contributed by atoms with E-state index in [-0.39, 0.29) is 16.9 Å². The minimum Gasteiger partial charge on any atom is -0.423 e. The molecule has 0 saturated carbocycles. The normalized spacial score (nSPS) is 11.7. The largest absolute Gasteiger partial charge is 0.423 e. The Balaban J connectivity index is 1.69. The second kappa shape index (κ2) is 6.85. The van der Waals surface area contributed by atoms with Crippen molar-refractivity contribution in [2.75, 3.05) is 0 Å². The molecule has 0 amide bonds. The second-order valence-electron chi connectivity index (χ2n) is 6.00. The van der Waals surface area contributed by atoms with Crippen LogP contribution in [0.15, 0.2) is 69.9 Å². The Kier molecular flexibility index (Phi) is 4.46. The van der Waals surface area contributed by atoms with Gasteiger partial charge in [-0.15, -0.1) is 11.3 Å². The highest BCUT2D eigenvalue weighted by molar-refractivity contribution is 7.21. The molecule has 0 aliphatic rings. The third-order valence-electron chi connectivity index (χ3n) is 4.03. The first kappa shape index (κ1) is 18.9. The van der Waals surface area contributed by atoms with Crippen LogP contribution >= 0.6 is 11.3 Å². The summed E-state index contributed by atoms with van der Waals surface area (Å²) < 4.78 is 48.4. The van der Waals surface area contributed by atoms with Crippen LogP contribution < -0.4 is 10.4 Å². The summed E-state index contributed by atoms with van der Waals surface area (Å²) in [6.07, 6.45) is -4.90. The Morgan fingerprint density at radius 1 is 1.14 bits per heavy atom. The first-order chi connectivity index (χ1) is 13.7. The Bertz CT molecular complexity index is 1300. The molecule has 4 aromatic rings. The van der Waals surface area contributed by atoms with Gasteiger partial charge in [-0.25, -0.2) is 14.6 Å². The van der Waals surface area contributed by atoms with Gasteiger partial charge in [-0.2, -0.15) is 13.2 Å². The van der Waals surface area contributed by atoms with Gasteiger partial charge in [-0.1, -0.05) is 18.7 Å². The summed E-state index contributed by atoms with van der Waals surface area (Å²) in [6, 6.07) is 12.9. The monoisotopic (exact) mass is 417 g/mol. The maximum atomic E-state index is 12.5. The Morgan fingerprint density at radius 3 is 2.62 bits per heavy atom. The predicted octanol–water partition coefficient (Wildman–Crippen LogP) is 5.09. The molecule has 0 N–H and O–H groups in total. The van der Waals surface area contributed by atoms with E-state index >= 15 is 0 Å². The lowest BCUT2D eigenvalue weighted by atomic mass is 10.2. The van der Waals surface area contributed by atoms with Gasteiger partial charge in [0.1, 0.15) is 21.9 Å². The standard InChI is InChI=1S/C20H10F3NO4S/c1-10(20(21,22)23)18(25)27-12-7-6-11-8-13(19(26)28-15(11)9-12)17-24-14-4-2-3-5-16(14)29-17/h2-9H,1H2. The number of fused-ring (bicyclic) bond motifs is 2. The number of carbonyl (C=O) groups excluding carboxylic acids is 1. The number of alkyl halides is 3. The van der Waals surface area contributed by atoms with Crippen LogP contribution in [-0.2, 0) is 4.79 Å². The molecule has 0 fully saturated rings. The maximum absolute atomic E-state index is 12.5. The molecule has 5 nitrogen and oxygen atoms in total. The van der Waals surface area contributed by atoms with E-state index in [2.05, 4.69) is 16.3 Å². The lowest BCUT2D eigenvalue weighted by molar-refractivity contribution is -0.142. The zero-order valence-electron chi connectivity index (χ0n) is 14.4. The van der Waals surface area contributed by atoms with E-state index in [4.69, 9.17) is 4.42 Å². The van der Waals surface area contributed by atoms with E-state index < -0.39 is 23.3 Å². The number of aromatic nitrogens is 1. The molecule has 0 atom stereocenters. The fraction of sp³-hybridized carbons (Fsp3) is 0.0500. The summed E-state index contributed by atoms with van der Waals surface area (Å²) in [6.45, 7) is 2.68. The van der Waals surface area contributed by atoms with Crippen molar-refractivity contribution in [3.63, 3.8) is 0 Å². The highest BCUT2D eigenvalue weighted by atomic mass is 32.1. The van der Waals surface area contributed by atoms with Crippen molar-refractivity contribution in [3.8, 4) is 16.3 Å². The van der Waals surface area contributed by atoms with E-state index in [0.29, 0.717) is 10.4 Å². The van der Waals surface area contributed by atoms with Gasteiger partial charge in [0, 0.05) is 11.5 Å². The lowest BCUT2D eigenvalue weighted by Gasteiger charge is -2.09. The number of para-hydroxylation sites is 1. The highest BCUT2D eigenvalue weighted by Gasteiger charge is 2.38. The maximum Gasteiger partial charge on any atom is 0.422 e. The molecule has 0 saturated heterocycles. The topological polar surface area (TPSA) is 69.4 Å². The zero-order valence-corrected chi connectivity index (χ0v) is 15.3. The fourth-order valence-electron chi connectivity index (χ4n) is 2.58. The molecule has 0 radical (unpaired) electrons. The average molecular weight is 417 g/mol. The van der Waals surface area contributed by atoms with Gasteiger partial charge in [-0.05, 0) is 30.3 Å². The van der Waals surface area contributed by atoms with Crippen LogP contribution in [0.4, 0.5) is 13.2 Å². The van der Waals surface area contributed by atoms with Gasteiger partial charge >= 0.3 is 17.8 Å². The van der Waals surface area contributed by atoms with Crippen LogP contribution in [0.1, 0.15) is 0 Å². The molecule has 4 rings (SSSR count). The van der Waals surface area contributed by atoms with Crippen molar-refractivity contribution < 1.29 is 27.1 Å². The minimum absolute atomic E-state index is 0.0581. The molecule has 0 spiro atoms. The van der Waals surface area contributed by atoms with Crippen molar-refractivity contribution in [1.82, 2.24) is 4.98 Å². The van der Waals surface area contributed by atoms with Crippen LogP contribution in [0.5, 0.6) is 5.75 Å². The number of hydrogen-bond donors (Lipinski definition) is 0. The van der Waals surface area contributed by atoms with Crippen LogP contribution in [0.3, 0.4) is 0 Å². The SMILES string of the molecule is C=C(C(=O)Oc1ccc2cc(-c3nc4ccccc4s3)c(=O)oc2c1)C(F)(F)F. The number of nitrogens with zero attached hydrogens (tertiary/aromatic N) is 1. The number of halogens is 3. The number of hydrogen-bond acceptors (Lipinski definition) is 6. The summed E-state index contributed by atoms with van der Waals surface area (Å²) in [5, 5.41) is 0.979. The number of benzene rings is 2. The van der Waals surface area contributed by atoms with Crippen molar-refractivity contribution >= 4 is 38.5 Å². The van der Waals surface area contributed by atoms with Crippen molar-refractivity contribution in [2.45, 2.75) is 6.18 Å². The number of thiazole rings is 1. The van der Waals surface area contributed by atoms with Gasteiger partial charge in [-0.3, -0.25) is 0 Å². The predicted molar refractivity (Wildman–Crippen MR) is 102 cm³/mol. The van der Waals surface area contributed by atoms with E-state index in [1.54, 1.807) is 6.07 Å². The molecule has 0 aliphatic heterocycles. The number of esters is 1. The van der Waals surface area contributed by atoms with E-state index in [1.165, 1.54) is 29.5 Å². The first-order valence-corrected chi connectivity index (χ1v) is 8.96. The quantitative estimate of drug-likeness (QED) is 0.201. The number of ether oxygens (including phenoxy) is 1. The Labute approximate surface area is 164 Å². The molecule has 29 heavy (non-hydrogen) atoms. The van der Waals surface area contributed by atoms with Crippen LogP contribution in [0.2, 0.25) is 0 Å². The van der Waals surface area contributed by atoms with E-state index in [1.807, 2.05) is 24.3 Å². The first-order valence-electron chi connectivity index (χ1n) is 8.14. The molecular weight excluding hydrogens is 407 g/mol. The summed E-state index contributed by atoms with van der Waals surface area (Å²) in [4.78, 5) is 28.4. The molecular formula is C20H10F3NO4S. The molecule has 2 heterocycles. The number of carbonyl (C=O) groups is 1. The van der Waals surface area contributed by atoms with Crippen molar-refractivity contribution in [2.24, 2.45) is 0 Å². The summed E-state index contributed by atoms with van der Waals surface area (Å²) >= 11 is 1.33. The molecule has 9 heteroatoms. The van der Waals surface area contributed by atoms with Gasteiger partial charge in [0.25, 0.3) is 0 Å². The molecule has 0 bridgehead atoms. The van der Waals surface area contributed by atoms with Crippen molar-refractivity contribution in [1.29, 1.82) is 0 Å². The van der Waals surface area contributed by atoms with Crippen LogP contribution in [0.25, 0.3) is 31.8 Å². The van der Waals surface area contributed by atoms with Gasteiger partial charge in [0.2, 0.25) is 0 Å². The van der Waals surface area contributed by atoms with Gasteiger partial charge < -0.3 is 9.15 Å². The molecule has 2 aromatic heterocycles. The third-order valence-corrected chi connectivity index (χ3v) is 5.10. The highest BCUT2D eigenvalue weighted by Crippen LogP contribution is 2.31. The van der Waals surface area contributed by atoms with Crippen molar-refractivity contribution in [3.05, 3.63) is 71.1 Å².